The first-order valence-electron chi connectivity index (χ1n) is 14.5. The SMILES string of the molecule is COc1cc2c(cc1O)C(C(=O)c1ccc(Oc3cc(C[C@H]4NCCc5cc(OC)c(O)cc54)ccc3OC)cc1)=NCC2. The minimum Gasteiger partial charge on any atom is -0.504 e. The molecule has 226 valence electrons. The molecule has 0 saturated heterocycles. The van der Waals surface area contributed by atoms with Crippen LogP contribution in [0.1, 0.15) is 44.2 Å². The molecule has 4 aromatic rings. The molecule has 4 aromatic carbocycles. The Morgan fingerprint density at radius 2 is 1.52 bits per heavy atom. The van der Waals surface area contributed by atoms with Gasteiger partial charge in [0.25, 0.3) is 0 Å². The Bertz CT molecular complexity index is 1750. The summed E-state index contributed by atoms with van der Waals surface area (Å²) in [6.07, 6.45) is 2.20. The molecule has 1 atom stereocenters. The molecular weight excluding hydrogens is 560 g/mol. The molecule has 0 bridgehead atoms. The Hall–Kier alpha value is -5.02. The van der Waals surface area contributed by atoms with E-state index in [0.29, 0.717) is 65.0 Å². The highest BCUT2D eigenvalue weighted by molar-refractivity contribution is 6.52. The van der Waals surface area contributed by atoms with Crippen molar-refractivity contribution in [3.8, 4) is 40.2 Å². The average Bonchev–Trinajstić information content (AvgIpc) is 3.04. The van der Waals surface area contributed by atoms with Crippen LogP contribution in [0.4, 0.5) is 0 Å². The van der Waals surface area contributed by atoms with E-state index < -0.39 is 0 Å². The number of aromatic hydroxyl groups is 2. The number of ketones is 1. The van der Waals surface area contributed by atoms with E-state index >= 15 is 0 Å². The van der Waals surface area contributed by atoms with Gasteiger partial charge in [0.15, 0.2) is 34.5 Å². The highest BCUT2D eigenvalue weighted by atomic mass is 16.5. The predicted octanol–water partition coefficient (Wildman–Crippen LogP) is 5.57. The Labute approximate surface area is 255 Å². The number of fused-ring (bicyclic) bond motifs is 2. The van der Waals surface area contributed by atoms with Crippen molar-refractivity contribution in [2.45, 2.75) is 25.3 Å². The highest BCUT2D eigenvalue weighted by Gasteiger charge is 2.25. The Morgan fingerprint density at radius 1 is 0.818 bits per heavy atom. The van der Waals surface area contributed by atoms with Crippen LogP contribution in [-0.4, -0.2) is 56.1 Å². The molecule has 9 nitrogen and oxygen atoms in total. The van der Waals surface area contributed by atoms with E-state index in [1.807, 2.05) is 24.3 Å². The number of methoxy groups -OCH3 is 3. The number of carbonyl (C=O) groups excluding carboxylic acids is 1. The summed E-state index contributed by atoms with van der Waals surface area (Å²) in [5, 5.41) is 24.3. The summed E-state index contributed by atoms with van der Waals surface area (Å²) in [7, 11) is 4.64. The summed E-state index contributed by atoms with van der Waals surface area (Å²) in [6, 6.07) is 19.7. The Kier molecular flexibility index (Phi) is 8.13. The number of Topliss-reactive ketones (excluding diaryl/α,β-unsaturated/α-hetero) is 1. The number of aliphatic imine (C=N–C) groups is 1. The van der Waals surface area contributed by atoms with Crippen LogP contribution in [0.25, 0.3) is 0 Å². The van der Waals surface area contributed by atoms with Crippen molar-refractivity contribution < 1.29 is 34.0 Å². The lowest BCUT2D eigenvalue weighted by atomic mass is 9.90. The fraction of sp³-hybridized carbons (Fsp3) is 0.257. The number of ether oxygens (including phenoxy) is 4. The van der Waals surface area contributed by atoms with Crippen molar-refractivity contribution in [2.24, 2.45) is 4.99 Å². The zero-order valence-electron chi connectivity index (χ0n) is 24.8. The maximum atomic E-state index is 13.4. The van der Waals surface area contributed by atoms with E-state index in [9.17, 15) is 15.0 Å². The van der Waals surface area contributed by atoms with Gasteiger partial charge in [-0.2, -0.15) is 0 Å². The van der Waals surface area contributed by atoms with Crippen LogP contribution in [0.2, 0.25) is 0 Å². The number of carbonyl (C=O) groups is 1. The van der Waals surface area contributed by atoms with E-state index in [2.05, 4.69) is 10.3 Å². The summed E-state index contributed by atoms with van der Waals surface area (Å²) < 4.78 is 22.3. The lowest BCUT2D eigenvalue weighted by Gasteiger charge is -2.28. The minimum absolute atomic E-state index is 0.0120. The summed E-state index contributed by atoms with van der Waals surface area (Å²) >= 11 is 0. The van der Waals surface area contributed by atoms with Gasteiger partial charge in [-0.05, 0) is 109 Å². The van der Waals surface area contributed by atoms with Crippen LogP contribution in [0.3, 0.4) is 0 Å². The van der Waals surface area contributed by atoms with Crippen LogP contribution >= 0.6 is 0 Å². The Balaban J connectivity index is 1.20. The molecule has 0 spiro atoms. The van der Waals surface area contributed by atoms with Crippen LogP contribution in [-0.2, 0) is 19.3 Å². The first-order valence-corrected chi connectivity index (χ1v) is 14.5. The third-order valence-corrected chi connectivity index (χ3v) is 8.14. The number of rotatable bonds is 9. The second kappa shape index (κ2) is 12.3. The van der Waals surface area contributed by atoms with Crippen LogP contribution in [0.15, 0.2) is 71.7 Å². The number of hydrogen-bond acceptors (Lipinski definition) is 9. The molecule has 0 unspecified atom stereocenters. The lowest BCUT2D eigenvalue weighted by Crippen LogP contribution is -2.31. The predicted molar refractivity (Wildman–Crippen MR) is 166 cm³/mol. The number of phenolic OH excluding ortho intramolecular Hbond substituents is 2. The largest absolute Gasteiger partial charge is 0.504 e. The van der Waals surface area contributed by atoms with Crippen molar-refractivity contribution in [1.82, 2.24) is 5.32 Å². The molecule has 2 aliphatic rings. The van der Waals surface area contributed by atoms with Gasteiger partial charge in [-0.15, -0.1) is 0 Å². The third kappa shape index (κ3) is 5.66. The van der Waals surface area contributed by atoms with Gasteiger partial charge in [0.2, 0.25) is 5.78 Å². The quantitative estimate of drug-likeness (QED) is 0.215. The van der Waals surface area contributed by atoms with Crippen molar-refractivity contribution in [2.75, 3.05) is 34.4 Å². The summed E-state index contributed by atoms with van der Waals surface area (Å²) in [5.74, 6) is 2.39. The first kappa shape index (κ1) is 29.1. The molecule has 0 saturated carbocycles. The van der Waals surface area contributed by atoms with Gasteiger partial charge < -0.3 is 34.5 Å². The average molecular weight is 595 g/mol. The van der Waals surface area contributed by atoms with Gasteiger partial charge >= 0.3 is 0 Å². The van der Waals surface area contributed by atoms with E-state index in [1.54, 1.807) is 56.7 Å². The molecule has 0 amide bonds. The van der Waals surface area contributed by atoms with Crippen molar-refractivity contribution in [3.05, 3.63) is 100 Å². The molecule has 0 aromatic heterocycles. The first-order chi connectivity index (χ1) is 21.4. The summed E-state index contributed by atoms with van der Waals surface area (Å²) in [6.45, 7) is 1.31. The standard InChI is InChI=1S/C35H34N2O7/c1-41-30-9-4-20(14-27-25-18-28(38)31(42-2)16-22(25)10-12-36-27)15-33(30)44-24-7-5-21(6-8-24)35(40)34-26-19-29(39)32(43-3)17-23(26)11-13-37-34/h4-9,15-19,27,36,38-39H,10-14H2,1-3H3/t27-/m1/s1. The van der Waals surface area contributed by atoms with E-state index in [0.717, 1.165) is 35.2 Å². The molecule has 0 fully saturated rings. The number of nitrogens with one attached hydrogen (secondary N) is 1. The molecule has 9 heteroatoms. The summed E-state index contributed by atoms with van der Waals surface area (Å²) in [4.78, 5) is 17.9. The molecule has 3 N–H and O–H groups in total. The summed E-state index contributed by atoms with van der Waals surface area (Å²) in [5.41, 5.74) is 5.54. The molecular formula is C35H34N2O7. The van der Waals surface area contributed by atoms with Crippen LogP contribution in [0, 0.1) is 0 Å². The molecule has 44 heavy (non-hydrogen) atoms. The molecule has 2 aliphatic heterocycles. The molecule has 0 aliphatic carbocycles. The Morgan fingerprint density at radius 3 is 2.25 bits per heavy atom. The zero-order chi connectivity index (χ0) is 30.8. The van der Waals surface area contributed by atoms with E-state index in [1.165, 1.54) is 7.11 Å². The number of benzene rings is 4. The van der Waals surface area contributed by atoms with Crippen LogP contribution < -0.4 is 24.3 Å². The number of nitrogens with zero attached hydrogens (tertiary/aromatic N) is 1. The minimum atomic E-state index is -0.231. The van der Waals surface area contributed by atoms with Crippen molar-refractivity contribution >= 4 is 11.5 Å². The van der Waals surface area contributed by atoms with Crippen LogP contribution in [0.5, 0.6) is 40.2 Å². The van der Waals surface area contributed by atoms with Gasteiger partial charge in [-0.1, -0.05) is 6.07 Å². The molecule has 2 heterocycles. The second-order valence-corrected chi connectivity index (χ2v) is 10.8. The lowest BCUT2D eigenvalue weighted by molar-refractivity contribution is 0.106. The van der Waals surface area contributed by atoms with Gasteiger partial charge in [0.05, 0.1) is 21.3 Å². The smallest absolute Gasteiger partial charge is 0.211 e. The fourth-order valence-corrected chi connectivity index (χ4v) is 5.87. The topological polar surface area (TPSA) is 119 Å². The monoisotopic (exact) mass is 594 g/mol. The molecule has 0 radical (unpaired) electrons. The van der Waals surface area contributed by atoms with Gasteiger partial charge in [0.1, 0.15) is 11.5 Å². The normalized spacial score (nSPS) is 15.4. The number of hydrogen-bond donors (Lipinski definition) is 3. The maximum Gasteiger partial charge on any atom is 0.211 e. The van der Waals surface area contributed by atoms with Crippen molar-refractivity contribution in [3.63, 3.8) is 0 Å². The second-order valence-electron chi connectivity index (χ2n) is 10.8. The third-order valence-electron chi connectivity index (χ3n) is 8.14. The van der Waals surface area contributed by atoms with Gasteiger partial charge in [-0.25, -0.2) is 0 Å². The van der Waals surface area contributed by atoms with Crippen molar-refractivity contribution in [1.29, 1.82) is 0 Å². The van der Waals surface area contributed by atoms with E-state index in [-0.39, 0.29) is 23.3 Å². The highest BCUT2D eigenvalue weighted by Crippen LogP contribution is 2.38. The zero-order valence-corrected chi connectivity index (χ0v) is 24.8. The van der Waals surface area contributed by atoms with Gasteiger partial charge in [0, 0.05) is 23.7 Å². The molecule has 6 rings (SSSR count). The van der Waals surface area contributed by atoms with E-state index in [4.69, 9.17) is 18.9 Å². The fourth-order valence-electron chi connectivity index (χ4n) is 5.87. The number of phenols is 2. The maximum absolute atomic E-state index is 13.4. The van der Waals surface area contributed by atoms with Gasteiger partial charge in [-0.3, -0.25) is 9.79 Å².